The van der Waals surface area contributed by atoms with Gasteiger partial charge < -0.3 is 4.74 Å². The van der Waals surface area contributed by atoms with Crippen LogP contribution in [-0.4, -0.2) is 23.7 Å². The Kier molecular flexibility index (Phi) is 4.48. The molecule has 1 aromatic rings. The maximum atomic E-state index is 11.4. The molecule has 0 aliphatic rings. The second-order valence-corrected chi connectivity index (χ2v) is 4.25. The van der Waals surface area contributed by atoms with Gasteiger partial charge in [-0.1, -0.05) is 0 Å². The van der Waals surface area contributed by atoms with Crippen LogP contribution in [0.25, 0.3) is 0 Å². The average molecular weight is 356 g/mol. The molecule has 0 aliphatic carbocycles. The number of alkyl halides is 1. The Bertz CT molecular complexity index is 449. The number of nitrogens with zero attached hydrogens (tertiary/aromatic N) is 1. The summed E-state index contributed by atoms with van der Waals surface area (Å²) in [5.74, 6) is -0.408. The molecule has 1 rings (SSSR count). The van der Waals surface area contributed by atoms with Gasteiger partial charge in [-0.3, -0.25) is 14.9 Å². The molecule has 0 fully saturated rings. The summed E-state index contributed by atoms with van der Waals surface area (Å²) >= 11 is 7.28. The average Bonchev–Trinajstić information content (AvgIpc) is 2.27. The lowest BCUT2D eigenvalue weighted by Gasteiger charge is -2.06. The molecule has 0 aliphatic heterocycles. The number of rotatable bonds is 4. The Hall–Kier alpha value is -0.890. The van der Waals surface area contributed by atoms with E-state index in [-0.39, 0.29) is 23.1 Å². The zero-order chi connectivity index (χ0) is 12.3. The molecule has 0 atom stereocenters. The Morgan fingerprint density at radius 2 is 2.25 bits per heavy atom. The predicted molar refractivity (Wildman–Crippen MR) is 67.4 cm³/mol. The maximum absolute atomic E-state index is 11.4. The van der Waals surface area contributed by atoms with Crippen molar-refractivity contribution in [2.24, 2.45) is 0 Å². The third-order valence-corrected chi connectivity index (χ3v) is 3.02. The first kappa shape index (κ1) is 13.2. The van der Waals surface area contributed by atoms with E-state index >= 15 is 0 Å². The zero-order valence-electron chi connectivity index (χ0n) is 8.20. The van der Waals surface area contributed by atoms with Crippen LogP contribution in [0.5, 0.6) is 5.75 Å². The van der Waals surface area contributed by atoms with E-state index in [2.05, 4.69) is 0 Å². The number of benzene rings is 1. The molecule has 0 saturated carbocycles. The van der Waals surface area contributed by atoms with Gasteiger partial charge in [0.25, 0.3) is 0 Å². The van der Waals surface area contributed by atoms with E-state index in [1.54, 1.807) is 0 Å². The van der Waals surface area contributed by atoms with Gasteiger partial charge >= 0.3 is 5.69 Å². The first-order chi connectivity index (χ1) is 7.51. The number of hydrogen-bond donors (Lipinski definition) is 0. The molecule has 0 bridgehead atoms. The molecule has 5 nitrogen and oxygen atoms in total. The van der Waals surface area contributed by atoms with E-state index in [1.165, 1.54) is 19.2 Å². The van der Waals surface area contributed by atoms with Gasteiger partial charge in [0.2, 0.25) is 0 Å². The van der Waals surface area contributed by atoms with Crippen LogP contribution >= 0.6 is 34.2 Å². The number of carbonyl (C=O) groups is 1. The molecule has 0 spiro atoms. The van der Waals surface area contributed by atoms with Crippen LogP contribution in [0.1, 0.15) is 10.4 Å². The third kappa shape index (κ3) is 2.62. The van der Waals surface area contributed by atoms with Crippen LogP contribution in [-0.2, 0) is 0 Å². The fourth-order valence-corrected chi connectivity index (χ4v) is 2.03. The largest absolute Gasteiger partial charge is 0.490 e. The molecule has 0 unspecified atom stereocenters. The molecule has 0 N–H and O–H groups in total. The van der Waals surface area contributed by atoms with Crippen LogP contribution in [0.4, 0.5) is 5.69 Å². The van der Waals surface area contributed by atoms with Crippen LogP contribution in [0.15, 0.2) is 12.1 Å². The highest BCUT2D eigenvalue weighted by molar-refractivity contribution is 14.1. The first-order valence-corrected chi connectivity index (χ1v) is 5.73. The van der Waals surface area contributed by atoms with Gasteiger partial charge in [0.1, 0.15) is 0 Å². The normalized spacial score (nSPS) is 9.94. The van der Waals surface area contributed by atoms with E-state index < -0.39 is 4.92 Å². The number of hydrogen-bond acceptors (Lipinski definition) is 4. The number of carbonyl (C=O) groups excluding carboxylic acids is 1. The lowest BCUT2D eigenvalue weighted by atomic mass is 10.1. The first-order valence-electron chi connectivity index (χ1n) is 4.12. The van der Waals surface area contributed by atoms with E-state index in [9.17, 15) is 14.9 Å². The van der Waals surface area contributed by atoms with Gasteiger partial charge in [-0.2, -0.15) is 0 Å². The van der Waals surface area contributed by atoms with Crippen LogP contribution < -0.4 is 4.74 Å². The molecule has 0 radical (unpaired) electrons. The summed E-state index contributed by atoms with van der Waals surface area (Å²) in [7, 11) is 1.31. The summed E-state index contributed by atoms with van der Waals surface area (Å²) in [5, 5.41) is 10.7. The zero-order valence-corrected chi connectivity index (χ0v) is 11.1. The van der Waals surface area contributed by atoms with Crippen molar-refractivity contribution in [3.05, 3.63) is 31.4 Å². The predicted octanol–water partition coefficient (Wildman–Crippen LogP) is 2.63. The van der Waals surface area contributed by atoms with Crippen molar-refractivity contribution in [1.82, 2.24) is 0 Å². The highest BCUT2D eigenvalue weighted by Crippen LogP contribution is 2.31. The highest BCUT2D eigenvalue weighted by atomic mass is 127. The number of Topliss-reactive ketones (excluding diaryl/α,β-unsaturated/α-hetero) is 1. The van der Waals surface area contributed by atoms with E-state index in [4.69, 9.17) is 16.3 Å². The highest BCUT2D eigenvalue weighted by Gasteiger charge is 2.20. The molecule has 0 saturated heterocycles. The fourth-order valence-electron chi connectivity index (χ4n) is 1.13. The van der Waals surface area contributed by atoms with Gasteiger partial charge in [0.05, 0.1) is 17.9 Å². The number of ketones is 1. The van der Waals surface area contributed by atoms with Crippen molar-refractivity contribution >= 4 is 45.7 Å². The second-order valence-electron chi connectivity index (χ2n) is 2.82. The summed E-state index contributed by atoms with van der Waals surface area (Å²) in [5.41, 5.74) is 0.163. The summed E-state index contributed by atoms with van der Waals surface area (Å²) in [6.07, 6.45) is 0. The summed E-state index contributed by atoms with van der Waals surface area (Å²) in [6.45, 7) is 0. The quantitative estimate of drug-likeness (QED) is 0.274. The molecule has 0 amide bonds. The van der Waals surface area contributed by atoms with Gasteiger partial charge in [0, 0.05) is 15.2 Å². The minimum atomic E-state index is -0.560. The summed E-state index contributed by atoms with van der Waals surface area (Å²) in [6, 6.07) is 2.63. The standard InChI is InChI=1S/C9H7ClINO4/c1-16-9-2-5(8(13)4-10)6(11)3-7(9)12(14)15/h2-3H,4H2,1H3. The fraction of sp³-hybridized carbons (Fsp3) is 0.222. The van der Waals surface area contributed by atoms with E-state index in [0.29, 0.717) is 9.13 Å². The molecular weight excluding hydrogens is 348 g/mol. The summed E-state index contributed by atoms with van der Waals surface area (Å²) < 4.78 is 5.34. The Balaban J connectivity index is 3.37. The summed E-state index contributed by atoms with van der Waals surface area (Å²) in [4.78, 5) is 21.6. The number of methoxy groups -OCH3 is 1. The molecule has 7 heteroatoms. The van der Waals surface area contributed by atoms with E-state index in [0.717, 1.165) is 0 Å². The monoisotopic (exact) mass is 355 g/mol. The Morgan fingerprint density at radius 1 is 1.62 bits per heavy atom. The smallest absolute Gasteiger partial charge is 0.312 e. The number of ether oxygens (including phenoxy) is 1. The molecule has 86 valence electrons. The van der Waals surface area contributed by atoms with Crippen molar-refractivity contribution in [1.29, 1.82) is 0 Å². The Morgan fingerprint density at radius 3 is 2.69 bits per heavy atom. The minimum absolute atomic E-state index is 0.0545. The third-order valence-electron chi connectivity index (χ3n) is 1.89. The maximum Gasteiger partial charge on any atom is 0.312 e. The number of nitro benzene ring substituents is 1. The molecule has 0 aromatic heterocycles. The van der Waals surface area contributed by atoms with Gasteiger partial charge in [-0.15, -0.1) is 11.6 Å². The number of halogens is 2. The van der Waals surface area contributed by atoms with Crippen molar-refractivity contribution < 1.29 is 14.5 Å². The van der Waals surface area contributed by atoms with Crippen molar-refractivity contribution in [3.63, 3.8) is 0 Å². The topological polar surface area (TPSA) is 69.4 Å². The Labute approximate surface area is 110 Å². The van der Waals surface area contributed by atoms with Gasteiger partial charge in [-0.25, -0.2) is 0 Å². The SMILES string of the molecule is COc1cc(C(=O)CCl)c(I)cc1[N+](=O)[O-]. The molecular formula is C9H7ClINO4. The molecule has 16 heavy (non-hydrogen) atoms. The lowest BCUT2D eigenvalue weighted by Crippen LogP contribution is -2.05. The van der Waals surface area contributed by atoms with E-state index in [1.807, 2.05) is 22.6 Å². The van der Waals surface area contributed by atoms with Crippen LogP contribution in [0.3, 0.4) is 0 Å². The lowest BCUT2D eigenvalue weighted by molar-refractivity contribution is -0.385. The number of nitro groups is 1. The van der Waals surface area contributed by atoms with Gasteiger partial charge in [-0.05, 0) is 28.7 Å². The molecule has 1 aromatic carbocycles. The van der Waals surface area contributed by atoms with Crippen LogP contribution in [0.2, 0.25) is 0 Å². The van der Waals surface area contributed by atoms with Crippen molar-refractivity contribution in [2.45, 2.75) is 0 Å². The van der Waals surface area contributed by atoms with Crippen molar-refractivity contribution in [2.75, 3.05) is 13.0 Å². The van der Waals surface area contributed by atoms with Gasteiger partial charge in [0.15, 0.2) is 11.5 Å². The minimum Gasteiger partial charge on any atom is -0.490 e. The van der Waals surface area contributed by atoms with Crippen LogP contribution in [0, 0.1) is 13.7 Å². The molecule has 0 heterocycles. The second kappa shape index (κ2) is 5.44. The van der Waals surface area contributed by atoms with Crippen molar-refractivity contribution in [3.8, 4) is 5.75 Å².